The van der Waals surface area contributed by atoms with Gasteiger partial charge in [0.15, 0.2) is 0 Å². The van der Waals surface area contributed by atoms with Gasteiger partial charge < -0.3 is 0 Å². The lowest BCUT2D eigenvalue weighted by Crippen LogP contribution is -1.95. The van der Waals surface area contributed by atoms with Gasteiger partial charge in [0.2, 0.25) is 0 Å². The Kier molecular flexibility index (Phi) is 26.5. The molecule has 0 amide bonds. The summed E-state index contributed by atoms with van der Waals surface area (Å²) in [5, 5.41) is 0. The maximum atomic E-state index is 2.48. The fourth-order valence-corrected chi connectivity index (χ4v) is 4.52. The highest BCUT2D eigenvalue weighted by Crippen LogP contribution is 2.19. The van der Waals surface area contributed by atoms with Gasteiger partial charge in [0, 0.05) is 0 Å². The van der Waals surface area contributed by atoms with Crippen LogP contribution in [0.25, 0.3) is 0 Å². The minimum atomic E-state index is 0.955. The fourth-order valence-electron chi connectivity index (χ4n) is 4.52. The number of allylic oxidation sites excluding steroid dienone is 2. The Morgan fingerprint density at radius 3 is 1.20 bits per heavy atom. The number of unbranched alkanes of at least 4 members (excludes halogenated alkanes) is 19. The average Bonchev–Trinajstić information content (AvgIpc) is 2.75. The van der Waals surface area contributed by atoms with Crippen molar-refractivity contribution in [2.24, 2.45) is 5.92 Å². The van der Waals surface area contributed by atoms with E-state index < -0.39 is 0 Å². The second-order valence-electron chi connectivity index (χ2n) is 10.1. The lowest BCUT2D eigenvalue weighted by molar-refractivity contribution is 0.432. The van der Waals surface area contributed by atoms with Crippen LogP contribution in [0.15, 0.2) is 12.2 Å². The minimum Gasteiger partial charge on any atom is -0.0885 e. The maximum absolute atomic E-state index is 2.48. The molecule has 0 saturated carbocycles. The van der Waals surface area contributed by atoms with Crippen LogP contribution >= 0.6 is 0 Å². The summed E-state index contributed by atoms with van der Waals surface area (Å²) in [5.41, 5.74) is 0. The van der Waals surface area contributed by atoms with Crippen molar-refractivity contribution >= 4 is 0 Å². The molecule has 0 nitrogen and oxygen atoms in total. The van der Waals surface area contributed by atoms with Crippen molar-refractivity contribution in [3.05, 3.63) is 12.2 Å². The van der Waals surface area contributed by atoms with Crippen molar-refractivity contribution in [1.82, 2.24) is 0 Å². The second kappa shape index (κ2) is 26.8. The van der Waals surface area contributed by atoms with Gasteiger partial charge in [0.1, 0.15) is 0 Å². The van der Waals surface area contributed by atoms with Gasteiger partial charge in [-0.15, -0.1) is 0 Å². The van der Waals surface area contributed by atoms with Crippen LogP contribution in [0, 0.1) is 5.92 Å². The van der Waals surface area contributed by atoms with E-state index in [9.17, 15) is 0 Å². The summed E-state index contributed by atoms with van der Waals surface area (Å²) in [6.07, 6.45) is 39.3. The van der Waals surface area contributed by atoms with Gasteiger partial charge in [-0.05, 0) is 25.2 Å². The summed E-state index contributed by atoms with van der Waals surface area (Å²) < 4.78 is 0. The molecule has 0 aromatic rings. The SMILES string of the molecule is CCCC=CCCCCCCC(C)CCCCCCCCCCCCCCCCC. The van der Waals surface area contributed by atoms with Crippen LogP contribution in [0.3, 0.4) is 0 Å². The van der Waals surface area contributed by atoms with Crippen molar-refractivity contribution in [2.75, 3.05) is 0 Å². The summed E-state index contributed by atoms with van der Waals surface area (Å²) in [6, 6.07) is 0. The molecule has 0 heterocycles. The minimum absolute atomic E-state index is 0.955. The predicted octanol–water partition coefficient (Wildman–Crippen LogP) is 11.6. The third-order valence-electron chi connectivity index (χ3n) is 6.74. The number of hydrogen-bond acceptors (Lipinski definition) is 0. The van der Waals surface area contributed by atoms with Crippen molar-refractivity contribution < 1.29 is 0 Å². The zero-order valence-electron chi connectivity index (χ0n) is 21.7. The maximum Gasteiger partial charge on any atom is -0.0351 e. The molecule has 0 aromatic carbocycles. The van der Waals surface area contributed by atoms with Gasteiger partial charge in [0.25, 0.3) is 0 Å². The average molecular weight is 421 g/mol. The molecule has 0 aliphatic heterocycles. The summed E-state index contributed by atoms with van der Waals surface area (Å²) in [5.74, 6) is 0.955. The molecule has 0 saturated heterocycles. The summed E-state index contributed by atoms with van der Waals surface area (Å²) >= 11 is 0. The Balaban J connectivity index is 3.15. The molecule has 0 aliphatic carbocycles. The fraction of sp³-hybridized carbons (Fsp3) is 0.933. The number of hydrogen-bond donors (Lipinski definition) is 0. The summed E-state index contributed by atoms with van der Waals surface area (Å²) in [7, 11) is 0. The normalized spacial score (nSPS) is 12.8. The van der Waals surface area contributed by atoms with E-state index in [1.54, 1.807) is 0 Å². The lowest BCUT2D eigenvalue weighted by Gasteiger charge is -2.11. The highest BCUT2D eigenvalue weighted by molar-refractivity contribution is 4.80. The van der Waals surface area contributed by atoms with E-state index in [0.717, 1.165) is 5.92 Å². The van der Waals surface area contributed by atoms with Crippen LogP contribution in [0.2, 0.25) is 0 Å². The van der Waals surface area contributed by atoms with E-state index in [4.69, 9.17) is 0 Å². The topological polar surface area (TPSA) is 0 Å². The first-order valence-electron chi connectivity index (χ1n) is 14.5. The zero-order valence-corrected chi connectivity index (χ0v) is 21.7. The van der Waals surface area contributed by atoms with Crippen LogP contribution in [-0.2, 0) is 0 Å². The Bertz CT molecular complexity index is 316. The highest BCUT2D eigenvalue weighted by Gasteiger charge is 2.02. The molecular formula is C30H60. The largest absolute Gasteiger partial charge is 0.0885 e. The van der Waals surface area contributed by atoms with E-state index in [2.05, 4.69) is 32.9 Å². The molecule has 30 heavy (non-hydrogen) atoms. The van der Waals surface area contributed by atoms with Gasteiger partial charge in [-0.3, -0.25) is 0 Å². The number of rotatable bonds is 25. The van der Waals surface area contributed by atoms with Gasteiger partial charge in [0.05, 0.1) is 0 Å². The summed E-state index contributed by atoms with van der Waals surface area (Å²) in [4.78, 5) is 0. The van der Waals surface area contributed by atoms with Crippen molar-refractivity contribution in [1.29, 1.82) is 0 Å². The quantitative estimate of drug-likeness (QED) is 0.102. The van der Waals surface area contributed by atoms with Crippen LogP contribution in [0.5, 0.6) is 0 Å². The van der Waals surface area contributed by atoms with Crippen molar-refractivity contribution in [3.63, 3.8) is 0 Å². The van der Waals surface area contributed by atoms with Gasteiger partial charge in [-0.25, -0.2) is 0 Å². The third-order valence-corrected chi connectivity index (χ3v) is 6.74. The van der Waals surface area contributed by atoms with Crippen molar-refractivity contribution in [2.45, 2.75) is 175 Å². The lowest BCUT2D eigenvalue weighted by atomic mass is 9.96. The van der Waals surface area contributed by atoms with E-state index in [1.165, 1.54) is 154 Å². The van der Waals surface area contributed by atoms with Gasteiger partial charge in [-0.2, -0.15) is 0 Å². The van der Waals surface area contributed by atoms with E-state index in [1.807, 2.05) is 0 Å². The molecule has 0 aromatic heterocycles. The molecule has 0 rings (SSSR count). The van der Waals surface area contributed by atoms with Gasteiger partial charge in [-0.1, -0.05) is 168 Å². The van der Waals surface area contributed by atoms with Crippen molar-refractivity contribution in [3.8, 4) is 0 Å². The first-order chi connectivity index (χ1) is 14.8. The Morgan fingerprint density at radius 1 is 0.400 bits per heavy atom. The molecule has 1 unspecified atom stereocenters. The molecule has 0 bridgehead atoms. The highest BCUT2D eigenvalue weighted by atomic mass is 14.1. The first-order valence-corrected chi connectivity index (χ1v) is 14.5. The van der Waals surface area contributed by atoms with Crippen LogP contribution in [-0.4, -0.2) is 0 Å². The molecule has 0 fully saturated rings. The molecule has 180 valence electrons. The Labute approximate surface area is 193 Å². The second-order valence-corrected chi connectivity index (χ2v) is 10.1. The molecule has 0 spiro atoms. The Morgan fingerprint density at radius 2 is 0.767 bits per heavy atom. The smallest absolute Gasteiger partial charge is 0.0351 e. The van der Waals surface area contributed by atoms with E-state index >= 15 is 0 Å². The molecule has 0 aliphatic rings. The molecule has 0 heteroatoms. The summed E-state index contributed by atoms with van der Waals surface area (Å²) in [6.45, 7) is 7.04. The molecule has 0 radical (unpaired) electrons. The molecular weight excluding hydrogens is 360 g/mol. The Hall–Kier alpha value is -0.260. The van der Waals surface area contributed by atoms with Gasteiger partial charge >= 0.3 is 0 Å². The predicted molar refractivity (Wildman–Crippen MR) is 140 cm³/mol. The van der Waals surface area contributed by atoms with E-state index in [-0.39, 0.29) is 0 Å². The molecule has 0 N–H and O–H groups in total. The van der Waals surface area contributed by atoms with E-state index in [0.29, 0.717) is 0 Å². The molecule has 1 atom stereocenters. The monoisotopic (exact) mass is 420 g/mol. The van der Waals surface area contributed by atoms with Crippen LogP contribution in [0.1, 0.15) is 175 Å². The zero-order chi connectivity index (χ0) is 22.0. The standard InChI is InChI=1S/C30H60/c1-4-6-8-10-12-14-15-16-17-18-19-21-23-25-27-29-30(3)28-26-24-22-20-13-11-9-7-5-2/h9,11,30H,4-8,10,12-29H2,1-3H3. The first kappa shape index (κ1) is 29.7. The third kappa shape index (κ3) is 25.8. The van der Waals surface area contributed by atoms with Crippen LogP contribution < -0.4 is 0 Å². The van der Waals surface area contributed by atoms with Crippen LogP contribution in [0.4, 0.5) is 0 Å².